The van der Waals surface area contributed by atoms with Gasteiger partial charge < -0.3 is 5.32 Å². The lowest BCUT2D eigenvalue weighted by molar-refractivity contribution is -0.126. The van der Waals surface area contributed by atoms with E-state index in [-0.39, 0.29) is 18.0 Å². The molecular formula is C25H29N3OS. The van der Waals surface area contributed by atoms with Crippen molar-refractivity contribution in [3.63, 3.8) is 0 Å². The Balaban J connectivity index is 1.39. The molecule has 0 radical (unpaired) electrons. The first-order chi connectivity index (χ1) is 14.7. The third kappa shape index (κ3) is 4.98. The molecule has 1 N–H and O–H groups in total. The monoisotopic (exact) mass is 419 g/mol. The van der Waals surface area contributed by atoms with E-state index in [1.54, 1.807) is 11.3 Å². The highest BCUT2D eigenvalue weighted by Crippen LogP contribution is 2.29. The first-order valence-corrected chi connectivity index (χ1v) is 11.5. The van der Waals surface area contributed by atoms with Gasteiger partial charge in [0, 0.05) is 31.1 Å². The van der Waals surface area contributed by atoms with E-state index in [0.29, 0.717) is 6.54 Å². The lowest BCUT2D eigenvalue weighted by Gasteiger charge is -2.41. The van der Waals surface area contributed by atoms with Crippen LogP contribution in [-0.4, -0.2) is 47.9 Å². The summed E-state index contributed by atoms with van der Waals surface area (Å²) in [5.41, 5.74) is 2.64. The van der Waals surface area contributed by atoms with Crippen molar-refractivity contribution >= 4 is 17.2 Å². The molecule has 1 aliphatic rings. The summed E-state index contributed by atoms with van der Waals surface area (Å²) in [5, 5.41) is 5.13. The first-order valence-electron chi connectivity index (χ1n) is 10.6. The number of carbonyl (C=O) groups is 1. The molecule has 0 saturated carbocycles. The van der Waals surface area contributed by atoms with Gasteiger partial charge in [0.25, 0.3) is 0 Å². The summed E-state index contributed by atoms with van der Waals surface area (Å²) in [7, 11) is 0. The number of amides is 1. The fraction of sp³-hybridized carbons (Fsp3) is 0.320. The molecule has 5 heteroatoms. The largest absolute Gasteiger partial charge is 0.350 e. The zero-order valence-electron chi connectivity index (χ0n) is 17.4. The van der Waals surface area contributed by atoms with E-state index in [0.717, 1.165) is 26.2 Å². The van der Waals surface area contributed by atoms with Crippen LogP contribution >= 0.6 is 11.3 Å². The Morgan fingerprint density at radius 1 is 0.867 bits per heavy atom. The van der Waals surface area contributed by atoms with Crippen molar-refractivity contribution in [2.75, 3.05) is 26.2 Å². The van der Waals surface area contributed by atoms with Crippen LogP contribution in [0.3, 0.4) is 0 Å². The molecule has 2 heterocycles. The summed E-state index contributed by atoms with van der Waals surface area (Å²) < 4.78 is 0. The van der Waals surface area contributed by atoms with Crippen LogP contribution in [0.1, 0.15) is 29.0 Å². The SMILES string of the molecule is C[C@@H](C(=O)NCc1cccs1)N1CCN(C(c2ccccc2)c2ccccc2)CC1. The van der Waals surface area contributed by atoms with Crippen LogP contribution in [0.5, 0.6) is 0 Å². The molecule has 4 rings (SSSR count). The highest BCUT2D eigenvalue weighted by atomic mass is 32.1. The summed E-state index contributed by atoms with van der Waals surface area (Å²) >= 11 is 1.68. The average molecular weight is 420 g/mol. The maximum atomic E-state index is 12.6. The Bertz CT molecular complexity index is 867. The van der Waals surface area contributed by atoms with E-state index < -0.39 is 0 Å². The summed E-state index contributed by atoms with van der Waals surface area (Å²) in [4.78, 5) is 18.7. The van der Waals surface area contributed by atoms with Gasteiger partial charge in [0.15, 0.2) is 0 Å². The lowest BCUT2D eigenvalue weighted by Crippen LogP contribution is -2.54. The minimum absolute atomic E-state index is 0.111. The summed E-state index contributed by atoms with van der Waals surface area (Å²) in [6.07, 6.45) is 0. The van der Waals surface area contributed by atoms with Crippen molar-refractivity contribution in [1.29, 1.82) is 0 Å². The number of thiophene rings is 1. The van der Waals surface area contributed by atoms with Gasteiger partial charge in [-0.05, 0) is 29.5 Å². The summed E-state index contributed by atoms with van der Waals surface area (Å²) in [6, 6.07) is 25.7. The van der Waals surface area contributed by atoms with Gasteiger partial charge in [0.05, 0.1) is 18.6 Å². The van der Waals surface area contributed by atoms with Crippen molar-refractivity contribution in [2.24, 2.45) is 0 Å². The Labute approximate surface area is 183 Å². The minimum atomic E-state index is -0.112. The van der Waals surface area contributed by atoms with E-state index in [9.17, 15) is 4.79 Å². The Morgan fingerprint density at radius 3 is 1.97 bits per heavy atom. The number of hydrogen-bond acceptors (Lipinski definition) is 4. The fourth-order valence-electron chi connectivity index (χ4n) is 4.17. The van der Waals surface area contributed by atoms with E-state index in [2.05, 4.69) is 81.8 Å². The molecule has 2 aromatic carbocycles. The average Bonchev–Trinajstić information content (AvgIpc) is 3.33. The van der Waals surface area contributed by atoms with Gasteiger partial charge >= 0.3 is 0 Å². The van der Waals surface area contributed by atoms with Crippen molar-refractivity contribution in [3.05, 3.63) is 94.2 Å². The number of nitrogens with one attached hydrogen (secondary N) is 1. The Morgan fingerprint density at radius 2 is 1.43 bits per heavy atom. The summed E-state index contributed by atoms with van der Waals surface area (Å²) in [5.74, 6) is 0.111. The number of rotatable bonds is 7. The van der Waals surface area contributed by atoms with Gasteiger partial charge in [0.2, 0.25) is 5.91 Å². The van der Waals surface area contributed by atoms with Crippen molar-refractivity contribution in [3.8, 4) is 0 Å². The fourth-order valence-corrected chi connectivity index (χ4v) is 4.81. The highest BCUT2D eigenvalue weighted by Gasteiger charge is 2.30. The molecule has 1 saturated heterocycles. The zero-order valence-corrected chi connectivity index (χ0v) is 18.2. The number of piperazine rings is 1. The maximum Gasteiger partial charge on any atom is 0.237 e. The minimum Gasteiger partial charge on any atom is -0.350 e. The quantitative estimate of drug-likeness (QED) is 0.625. The number of nitrogens with zero attached hydrogens (tertiary/aromatic N) is 2. The molecule has 0 aliphatic carbocycles. The number of carbonyl (C=O) groups excluding carboxylic acids is 1. The first kappa shape index (κ1) is 20.8. The van der Waals surface area contributed by atoms with Gasteiger partial charge in [-0.1, -0.05) is 66.7 Å². The lowest BCUT2D eigenvalue weighted by atomic mass is 9.96. The zero-order chi connectivity index (χ0) is 20.8. The van der Waals surface area contributed by atoms with Crippen molar-refractivity contribution in [2.45, 2.75) is 25.6 Å². The smallest absolute Gasteiger partial charge is 0.237 e. The van der Waals surface area contributed by atoms with Crippen LogP contribution in [0, 0.1) is 0 Å². The second-order valence-electron chi connectivity index (χ2n) is 7.77. The number of benzene rings is 2. The molecule has 1 fully saturated rings. The van der Waals surface area contributed by atoms with Crippen LogP contribution in [0.4, 0.5) is 0 Å². The predicted molar refractivity (Wildman–Crippen MR) is 124 cm³/mol. The van der Waals surface area contributed by atoms with Gasteiger partial charge in [-0.2, -0.15) is 0 Å². The number of hydrogen-bond donors (Lipinski definition) is 1. The topological polar surface area (TPSA) is 35.6 Å². The van der Waals surface area contributed by atoms with Gasteiger partial charge in [-0.25, -0.2) is 0 Å². The van der Waals surface area contributed by atoms with Crippen LogP contribution in [0.15, 0.2) is 78.2 Å². The molecule has 1 amide bonds. The second-order valence-corrected chi connectivity index (χ2v) is 8.80. The van der Waals surface area contributed by atoms with Crippen LogP contribution in [0.25, 0.3) is 0 Å². The predicted octanol–water partition coefficient (Wildman–Crippen LogP) is 4.16. The Hall–Kier alpha value is -2.47. The highest BCUT2D eigenvalue weighted by molar-refractivity contribution is 7.09. The molecule has 3 aromatic rings. The van der Waals surface area contributed by atoms with E-state index in [1.165, 1.54) is 16.0 Å². The molecule has 0 unspecified atom stereocenters. The normalized spacial score (nSPS) is 16.5. The molecule has 1 aliphatic heterocycles. The molecule has 0 spiro atoms. The molecule has 1 atom stereocenters. The third-order valence-electron chi connectivity index (χ3n) is 5.89. The second kappa shape index (κ2) is 10.0. The van der Waals surface area contributed by atoms with Crippen LogP contribution < -0.4 is 5.32 Å². The molecule has 156 valence electrons. The van der Waals surface area contributed by atoms with E-state index in [1.807, 2.05) is 18.4 Å². The van der Waals surface area contributed by atoms with E-state index >= 15 is 0 Å². The van der Waals surface area contributed by atoms with Crippen LogP contribution in [-0.2, 0) is 11.3 Å². The van der Waals surface area contributed by atoms with Gasteiger partial charge in [-0.15, -0.1) is 11.3 Å². The van der Waals surface area contributed by atoms with Crippen molar-refractivity contribution < 1.29 is 4.79 Å². The van der Waals surface area contributed by atoms with Crippen molar-refractivity contribution in [1.82, 2.24) is 15.1 Å². The third-order valence-corrected chi connectivity index (χ3v) is 6.77. The Kier molecular flexibility index (Phi) is 6.95. The molecule has 4 nitrogen and oxygen atoms in total. The molecule has 0 bridgehead atoms. The van der Waals surface area contributed by atoms with Crippen LogP contribution in [0.2, 0.25) is 0 Å². The van der Waals surface area contributed by atoms with Gasteiger partial charge in [0.1, 0.15) is 0 Å². The van der Waals surface area contributed by atoms with E-state index in [4.69, 9.17) is 0 Å². The molecular weight excluding hydrogens is 390 g/mol. The maximum absolute atomic E-state index is 12.6. The molecule has 30 heavy (non-hydrogen) atoms. The van der Waals surface area contributed by atoms with Gasteiger partial charge in [-0.3, -0.25) is 14.6 Å². The molecule has 1 aromatic heterocycles. The summed E-state index contributed by atoms with van der Waals surface area (Å²) in [6.45, 7) is 6.30. The standard InChI is InChI=1S/C25H29N3OS/c1-20(25(29)26-19-23-13-8-18-30-23)27-14-16-28(17-15-27)24(21-9-4-2-5-10-21)22-11-6-3-7-12-22/h2-13,18,20,24H,14-17,19H2,1H3,(H,26,29)/t20-/m0/s1.